The Morgan fingerprint density at radius 2 is 1.96 bits per heavy atom. The minimum atomic E-state index is -0.912. The highest BCUT2D eigenvalue weighted by Gasteiger charge is 2.61. The van der Waals surface area contributed by atoms with Crippen LogP contribution in [0.15, 0.2) is 11.6 Å². The molecule has 0 radical (unpaired) electrons. The van der Waals surface area contributed by atoms with Crippen molar-refractivity contribution in [2.75, 3.05) is 5.88 Å². The van der Waals surface area contributed by atoms with Gasteiger partial charge >= 0.3 is 0 Å². The zero-order chi connectivity index (χ0) is 19.2. The van der Waals surface area contributed by atoms with Crippen LogP contribution in [0.2, 0.25) is 0 Å². The van der Waals surface area contributed by atoms with Crippen molar-refractivity contribution in [1.29, 1.82) is 0 Å². The van der Waals surface area contributed by atoms with E-state index in [2.05, 4.69) is 0 Å². The van der Waals surface area contributed by atoms with Crippen molar-refractivity contribution in [3.63, 3.8) is 0 Å². The van der Waals surface area contributed by atoms with Crippen molar-refractivity contribution in [1.82, 2.24) is 0 Å². The van der Waals surface area contributed by atoms with Crippen LogP contribution in [0.1, 0.15) is 71.1 Å². The fraction of sp³-hybridized carbons (Fsp3) is 0.826. The van der Waals surface area contributed by atoms with Crippen LogP contribution in [0.5, 0.6) is 0 Å². The summed E-state index contributed by atoms with van der Waals surface area (Å²) in [6, 6.07) is 0. The third-order valence-electron chi connectivity index (χ3n) is 8.32. The summed E-state index contributed by atoms with van der Waals surface area (Å²) in [5.74, 6) is 2.48. The number of hydrogen-bond donors (Lipinski definition) is 0. The Balaban J connectivity index is 1.65. The van der Waals surface area contributed by atoms with Crippen LogP contribution < -0.4 is 0 Å². The molecule has 0 spiro atoms. The van der Waals surface area contributed by atoms with E-state index in [0.717, 1.165) is 44.9 Å². The van der Waals surface area contributed by atoms with Crippen LogP contribution in [-0.4, -0.2) is 23.6 Å². The van der Waals surface area contributed by atoms with Crippen molar-refractivity contribution in [2.45, 2.75) is 77.3 Å². The van der Waals surface area contributed by atoms with Crippen molar-refractivity contribution in [3.05, 3.63) is 11.6 Å². The van der Waals surface area contributed by atoms with Gasteiger partial charge < -0.3 is 0 Å². The Morgan fingerprint density at radius 1 is 1.15 bits per heavy atom. The molecule has 0 N–H and O–H groups in total. The summed E-state index contributed by atoms with van der Waals surface area (Å²) in [4.78, 5) is 24.7. The Bertz CT molecular complexity index is 644. The number of fused-ring (bicyclic) bond motifs is 5. The van der Waals surface area contributed by atoms with Crippen LogP contribution in [0.4, 0.5) is 4.39 Å². The molecule has 0 saturated heterocycles. The Morgan fingerprint density at radius 3 is 2.74 bits per heavy atom. The summed E-state index contributed by atoms with van der Waals surface area (Å²) in [5.41, 5.74) is 0.756. The zero-order valence-electron chi connectivity index (χ0n) is 16.4. The number of Topliss-reactive ketones (excluding diaryl/α,β-unsaturated/α-hetero) is 1. The number of unbranched alkanes of at least 4 members (excludes halogenated alkanes) is 2. The average Bonchev–Trinajstić information content (AvgIpc) is 2.92. The predicted octanol–water partition coefficient (Wildman–Crippen LogP) is 5.67. The molecule has 0 unspecified atom stereocenters. The van der Waals surface area contributed by atoms with Gasteiger partial charge in [-0.3, -0.25) is 9.59 Å². The van der Waals surface area contributed by atoms with Gasteiger partial charge in [0, 0.05) is 30.1 Å². The molecule has 7 atom stereocenters. The summed E-state index contributed by atoms with van der Waals surface area (Å²) in [7, 11) is 0. The first kappa shape index (κ1) is 19.6. The number of carbonyl (C=O) groups is 2. The lowest BCUT2D eigenvalue weighted by Gasteiger charge is -2.56. The molecule has 0 aromatic heterocycles. The van der Waals surface area contributed by atoms with Crippen LogP contribution in [0.25, 0.3) is 0 Å². The molecule has 3 saturated carbocycles. The van der Waals surface area contributed by atoms with Crippen LogP contribution >= 0.6 is 11.6 Å². The number of carbonyl (C=O) groups excluding carboxylic acids is 2. The van der Waals surface area contributed by atoms with Crippen LogP contribution in [0, 0.1) is 35.0 Å². The quantitative estimate of drug-likeness (QED) is 0.444. The van der Waals surface area contributed by atoms with Gasteiger partial charge in [-0.1, -0.05) is 25.3 Å². The SMILES string of the molecule is C[C@]12C[C@H](F)[C@H]3[C@@H]([C@@H](CCCCCCl)CC4=CC(=O)CC[C@@H]43)[C@@H]1CCC2=O. The molecule has 150 valence electrons. The Hall–Kier alpha value is -0.700. The molecule has 0 bridgehead atoms. The highest BCUT2D eigenvalue weighted by atomic mass is 35.5. The summed E-state index contributed by atoms with van der Waals surface area (Å²) in [6.45, 7) is 2.04. The van der Waals surface area contributed by atoms with Gasteiger partial charge in [-0.15, -0.1) is 11.6 Å². The summed E-state index contributed by atoms with van der Waals surface area (Å²) < 4.78 is 15.6. The third-order valence-corrected chi connectivity index (χ3v) is 8.59. The first-order valence-corrected chi connectivity index (χ1v) is 11.5. The number of halogens is 2. The van der Waals surface area contributed by atoms with Crippen LogP contribution in [-0.2, 0) is 9.59 Å². The molecule has 4 aliphatic rings. The standard InChI is InChI=1S/C23H32ClFO2/c1-23-13-19(25)22-17-7-6-16(26)12-15(17)11-14(5-3-2-4-10-24)21(22)18(23)8-9-20(23)27/h12,14,17-19,21-22H,2-11,13H2,1H3/t14-,17-,18-,19-,21-,22-,23-/m0/s1. The first-order valence-electron chi connectivity index (χ1n) is 10.9. The smallest absolute Gasteiger partial charge is 0.155 e. The lowest BCUT2D eigenvalue weighted by molar-refractivity contribution is -0.138. The maximum atomic E-state index is 15.6. The fourth-order valence-electron chi connectivity index (χ4n) is 7.12. The number of ketones is 2. The Labute approximate surface area is 167 Å². The van der Waals surface area contributed by atoms with Crippen molar-refractivity contribution >= 4 is 23.2 Å². The molecule has 0 heterocycles. The van der Waals surface area contributed by atoms with Gasteiger partial charge in [0.15, 0.2) is 5.78 Å². The minimum Gasteiger partial charge on any atom is -0.299 e. The topological polar surface area (TPSA) is 34.1 Å². The highest BCUT2D eigenvalue weighted by Crippen LogP contribution is 2.63. The molecule has 3 fully saturated rings. The fourth-order valence-corrected chi connectivity index (χ4v) is 7.31. The van der Waals surface area contributed by atoms with Gasteiger partial charge in [-0.2, -0.15) is 0 Å². The molecule has 4 rings (SSSR count). The summed E-state index contributed by atoms with van der Waals surface area (Å²) >= 11 is 5.83. The highest BCUT2D eigenvalue weighted by molar-refractivity contribution is 6.17. The molecule has 4 aliphatic carbocycles. The molecule has 4 heteroatoms. The zero-order valence-corrected chi connectivity index (χ0v) is 17.1. The van der Waals surface area contributed by atoms with Crippen LogP contribution in [0.3, 0.4) is 0 Å². The lowest BCUT2D eigenvalue weighted by atomic mass is 9.48. The molecule has 27 heavy (non-hydrogen) atoms. The van der Waals surface area contributed by atoms with E-state index in [1.165, 1.54) is 5.57 Å². The second-order valence-electron chi connectivity index (χ2n) is 9.69. The molecular formula is C23H32ClFO2. The van der Waals surface area contributed by atoms with Gasteiger partial charge in [0.25, 0.3) is 0 Å². The lowest BCUT2D eigenvalue weighted by Crippen LogP contribution is -2.54. The van der Waals surface area contributed by atoms with E-state index < -0.39 is 11.6 Å². The van der Waals surface area contributed by atoms with Gasteiger partial charge in [0.05, 0.1) is 0 Å². The average molecular weight is 395 g/mol. The van der Waals surface area contributed by atoms with E-state index in [0.29, 0.717) is 42.9 Å². The third kappa shape index (κ3) is 3.32. The largest absolute Gasteiger partial charge is 0.299 e. The van der Waals surface area contributed by atoms with E-state index in [9.17, 15) is 9.59 Å². The Kier molecular flexibility index (Phi) is 5.53. The van der Waals surface area contributed by atoms with E-state index in [-0.39, 0.29) is 23.4 Å². The molecular weight excluding hydrogens is 363 g/mol. The number of rotatable bonds is 5. The van der Waals surface area contributed by atoms with E-state index in [1.807, 2.05) is 13.0 Å². The second-order valence-corrected chi connectivity index (χ2v) is 10.1. The van der Waals surface area contributed by atoms with E-state index in [4.69, 9.17) is 11.6 Å². The van der Waals surface area contributed by atoms with Crippen molar-refractivity contribution < 1.29 is 14.0 Å². The number of alkyl halides is 2. The maximum absolute atomic E-state index is 15.6. The molecule has 0 aromatic rings. The monoisotopic (exact) mass is 394 g/mol. The molecule has 2 nitrogen and oxygen atoms in total. The summed E-state index contributed by atoms with van der Waals surface area (Å²) in [5, 5.41) is 0. The second kappa shape index (κ2) is 7.61. The normalized spacial score (nSPS) is 43.7. The minimum absolute atomic E-state index is 0.0140. The van der Waals surface area contributed by atoms with Gasteiger partial charge in [-0.25, -0.2) is 4.39 Å². The molecule has 0 aliphatic heterocycles. The van der Waals surface area contributed by atoms with Crippen molar-refractivity contribution in [2.24, 2.45) is 35.0 Å². The number of hydrogen-bond acceptors (Lipinski definition) is 2. The van der Waals surface area contributed by atoms with E-state index >= 15 is 4.39 Å². The number of allylic oxidation sites excluding steroid dienone is 1. The first-order chi connectivity index (χ1) is 13.0. The molecule has 0 aromatic carbocycles. The predicted molar refractivity (Wildman–Crippen MR) is 105 cm³/mol. The molecule has 0 amide bonds. The van der Waals surface area contributed by atoms with Gasteiger partial charge in [0.1, 0.15) is 12.0 Å². The van der Waals surface area contributed by atoms with Gasteiger partial charge in [0.2, 0.25) is 0 Å². The summed E-state index contributed by atoms with van der Waals surface area (Å²) in [6.07, 6.45) is 9.52. The van der Waals surface area contributed by atoms with Gasteiger partial charge in [-0.05, 0) is 68.3 Å². The van der Waals surface area contributed by atoms with E-state index in [1.54, 1.807) is 0 Å². The van der Waals surface area contributed by atoms with Crippen molar-refractivity contribution in [3.8, 4) is 0 Å². The maximum Gasteiger partial charge on any atom is 0.155 e.